The maximum absolute atomic E-state index is 11.7. The van der Waals surface area contributed by atoms with Gasteiger partial charge in [0.05, 0.1) is 65.6 Å². The molecule has 5 fully saturated rings. The standard InChI is InChI=1S/C39H66O8/c1-8-9-10-11-15-33-37(5,42)19-16-30-31(43-33)17-20-38(6)35(44-30)23-32-36(47-38)28(41)24-39(7)34(45-32)22-27(4)29(46-39)14-12-13-25(2)26(3)18-21-40/h8-10,25-36,40-42H,1,11-24H2,2-7H3/b10-9-/t25?,26?,27?,28?,29-,30?,31-,32?,33+,34?,35?,36-,37+,38+,39+/m0/s1. The molecule has 0 aliphatic carbocycles. The Bertz CT molecular complexity index is 1050. The summed E-state index contributed by atoms with van der Waals surface area (Å²) in [5.41, 5.74) is -2.07. The van der Waals surface area contributed by atoms with E-state index in [4.69, 9.17) is 23.7 Å². The van der Waals surface area contributed by atoms with Crippen molar-refractivity contribution in [2.45, 2.75) is 197 Å². The highest BCUT2D eigenvalue weighted by molar-refractivity contribution is 5.07. The van der Waals surface area contributed by atoms with Gasteiger partial charge in [-0.3, -0.25) is 0 Å². The van der Waals surface area contributed by atoms with E-state index in [1.165, 1.54) is 0 Å². The third-order valence-electron chi connectivity index (χ3n) is 12.8. The Kier molecular flexibility index (Phi) is 12.4. The van der Waals surface area contributed by atoms with Gasteiger partial charge in [-0.1, -0.05) is 58.4 Å². The SMILES string of the molecule is C=C/C=C\CC[C@H]1O[C@H]2CC[C@@]3(C)O[C@H]4C(O)C[C@@]5(C)O[C@@H](CCCC(C)C(C)CCO)C(C)CC5OC4CC3OC2CC[C@@]1(C)O. The Balaban J connectivity index is 1.24. The fraction of sp³-hybridized carbons (Fsp3) is 0.897. The fourth-order valence-electron chi connectivity index (χ4n) is 9.19. The van der Waals surface area contributed by atoms with Crippen LogP contribution >= 0.6 is 0 Å². The van der Waals surface area contributed by atoms with E-state index in [0.29, 0.717) is 37.0 Å². The number of allylic oxidation sites excluding steroid dienone is 3. The minimum Gasteiger partial charge on any atom is -0.396 e. The van der Waals surface area contributed by atoms with Gasteiger partial charge in [0.2, 0.25) is 0 Å². The largest absolute Gasteiger partial charge is 0.396 e. The van der Waals surface area contributed by atoms with Gasteiger partial charge in [-0.15, -0.1) is 0 Å². The molecule has 5 heterocycles. The van der Waals surface area contributed by atoms with Crippen LogP contribution in [0.5, 0.6) is 0 Å². The zero-order chi connectivity index (χ0) is 34.0. The van der Waals surface area contributed by atoms with E-state index in [9.17, 15) is 15.3 Å². The first-order valence-electron chi connectivity index (χ1n) is 18.9. The summed E-state index contributed by atoms with van der Waals surface area (Å²) in [6.45, 7) is 17.0. The molecule has 5 aliphatic heterocycles. The molecule has 0 amide bonds. The van der Waals surface area contributed by atoms with E-state index in [2.05, 4.69) is 47.3 Å². The molecule has 0 saturated carbocycles. The average molecular weight is 663 g/mol. The Morgan fingerprint density at radius 1 is 0.872 bits per heavy atom. The summed E-state index contributed by atoms with van der Waals surface area (Å²) >= 11 is 0. The number of ether oxygens (including phenoxy) is 5. The molecule has 8 heteroatoms. The Morgan fingerprint density at radius 3 is 2.30 bits per heavy atom. The van der Waals surface area contributed by atoms with Crippen molar-refractivity contribution in [2.24, 2.45) is 17.8 Å². The zero-order valence-corrected chi connectivity index (χ0v) is 30.1. The molecular formula is C39H66O8. The van der Waals surface area contributed by atoms with Crippen LogP contribution in [0.1, 0.15) is 125 Å². The smallest absolute Gasteiger partial charge is 0.111 e. The van der Waals surface area contributed by atoms with Crippen molar-refractivity contribution in [3.05, 3.63) is 24.8 Å². The monoisotopic (exact) mass is 662 g/mol. The quantitative estimate of drug-likeness (QED) is 0.218. The van der Waals surface area contributed by atoms with Crippen molar-refractivity contribution in [1.29, 1.82) is 0 Å². The fourth-order valence-corrected chi connectivity index (χ4v) is 9.19. The van der Waals surface area contributed by atoms with Crippen molar-refractivity contribution in [2.75, 3.05) is 6.61 Å². The first kappa shape index (κ1) is 37.4. The van der Waals surface area contributed by atoms with Crippen molar-refractivity contribution < 1.29 is 39.0 Å². The van der Waals surface area contributed by atoms with Crippen molar-refractivity contribution in [3.63, 3.8) is 0 Å². The second kappa shape index (κ2) is 15.6. The minimum absolute atomic E-state index is 0.118. The van der Waals surface area contributed by atoms with Crippen LogP contribution in [0, 0.1) is 17.8 Å². The summed E-state index contributed by atoms with van der Waals surface area (Å²) in [4.78, 5) is 0. The van der Waals surface area contributed by atoms with Gasteiger partial charge in [0, 0.05) is 19.4 Å². The van der Waals surface area contributed by atoms with Gasteiger partial charge in [-0.2, -0.15) is 0 Å². The summed E-state index contributed by atoms with van der Waals surface area (Å²) in [6.07, 6.45) is 14.2. The van der Waals surface area contributed by atoms with E-state index in [0.717, 1.165) is 64.2 Å². The van der Waals surface area contributed by atoms with E-state index in [1.807, 2.05) is 13.0 Å². The molecule has 0 aromatic heterocycles. The summed E-state index contributed by atoms with van der Waals surface area (Å²) in [5, 5.41) is 32.4. The van der Waals surface area contributed by atoms with E-state index in [-0.39, 0.29) is 49.3 Å². The Morgan fingerprint density at radius 2 is 1.55 bits per heavy atom. The molecule has 0 aromatic rings. The third-order valence-corrected chi connectivity index (χ3v) is 12.8. The lowest BCUT2D eigenvalue weighted by molar-refractivity contribution is -0.273. The van der Waals surface area contributed by atoms with Crippen LogP contribution in [0.4, 0.5) is 0 Å². The number of aliphatic hydroxyl groups is 3. The number of aliphatic hydroxyl groups excluding tert-OH is 2. The van der Waals surface area contributed by atoms with Crippen LogP contribution in [0.3, 0.4) is 0 Å². The molecule has 0 radical (unpaired) electrons. The lowest BCUT2D eigenvalue weighted by atomic mass is 9.79. The van der Waals surface area contributed by atoms with Gasteiger partial charge in [0.1, 0.15) is 6.10 Å². The van der Waals surface area contributed by atoms with Crippen LogP contribution in [-0.2, 0) is 23.7 Å². The Labute approximate surface area is 284 Å². The maximum atomic E-state index is 11.7. The predicted molar refractivity (Wildman–Crippen MR) is 183 cm³/mol. The van der Waals surface area contributed by atoms with Gasteiger partial charge in [0.15, 0.2) is 0 Å². The molecule has 8 unspecified atom stereocenters. The maximum Gasteiger partial charge on any atom is 0.111 e. The summed E-state index contributed by atoms with van der Waals surface area (Å²) in [7, 11) is 0. The normalized spacial score (nSPS) is 46.9. The second-order valence-corrected chi connectivity index (χ2v) is 16.6. The van der Waals surface area contributed by atoms with Crippen LogP contribution in [0.15, 0.2) is 24.8 Å². The first-order chi connectivity index (χ1) is 22.3. The molecule has 0 aromatic carbocycles. The molecule has 270 valence electrons. The van der Waals surface area contributed by atoms with Gasteiger partial charge >= 0.3 is 0 Å². The molecule has 15 atom stereocenters. The lowest BCUT2D eigenvalue weighted by Crippen LogP contribution is -2.59. The Hall–Kier alpha value is -0.840. The molecule has 0 spiro atoms. The summed E-state index contributed by atoms with van der Waals surface area (Å²) < 4.78 is 34.3. The summed E-state index contributed by atoms with van der Waals surface area (Å²) in [6, 6.07) is 0. The van der Waals surface area contributed by atoms with E-state index in [1.54, 1.807) is 6.08 Å². The highest BCUT2D eigenvalue weighted by Gasteiger charge is 2.58. The average Bonchev–Trinajstić information content (AvgIpc) is 3.27. The first-order valence-corrected chi connectivity index (χ1v) is 18.9. The topological polar surface area (TPSA) is 107 Å². The van der Waals surface area contributed by atoms with Crippen LogP contribution in [-0.4, -0.2) is 93.7 Å². The number of rotatable bonds is 11. The van der Waals surface area contributed by atoms with Crippen LogP contribution in [0.25, 0.3) is 0 Å². The highest BCUT2D eigenvalue weighted by atomic mass is 16.6. The molecular weight excluding hydrogens is 596 g/mol. The van der Waals surface area contributed by atoms with E-state index < -0.39 is 29.0 Å². The van der Waals surface area contributed by atoms with Gasteiger partial charge < -0.3 is 39.0 Å². The molecule has 5 saturated heterocycles. The number of fused-ring (bicyclic) bond motifs is 4. The minimum atomic E-state index is -0.917. The lowest BCUT2D eigenvalue weighted by Gasteiger charge is -2.49. The third kappa shape index (κ3) is 8.56. The highest BCUT2D eigenvalue weighted by Crippen LogP contribution is 2.49. The molecule has 0 bridgehead atoms. The van der Waals surface area contributed by atoms with Crippen molar-refractivity contribution in [1.82, 2.24) is 0 Å². The molecule has 8 nitrogen and oxygen atoms in total. The second-order valence-electron chi connectivity index (χ2n) is 16.6. The summed E-state index contributed by atoms with van der Waals surface area (Å²) in [5.74, 6) is 1.44. The number of hydrogen-bond donors (Lipinski definition) is 3. The number of hydrogen-bond acceptors (Lipinski definition) is 8. The zero-order valence-electron chi connectivity index (χ0n) is 30.1. The molecule has 47 heavy (non-hydrogen) atoms. The van der Waals surface area contributed by atoms with Gasteiger partial charge in [-0.05, 0) is 96.3 Å². The predicted octanol–water partition coefficient (Wildman–Crippen LogP) is 6.43. The molecule has 3 N–H and O–H groups in total. The van der Waals surface area contributed by atoms with Gasteiger partial charge in [-0.25, -0.2) is 0 Å². The molecule has 5 aliphatic rings. The van der Waals surface area contributed by atoms with Crippen LogP contribution in [0.2, 0.25) is 0 Å². The molecule has 5 rings (SSSR count). The van der Waals surface area contributed by atoms with Crippen LogP contribution < -0.4 is 0 Å². The van der Waals surface area contributed by atoms with E-state index >= 15 is 0 Å². The van der Waals surface area contributed by atoms with Crippen molar-refractivity contribution >= 4 is 0 Å². The van der Waals surface area contributed by atoms with Crippen molar-refractivity contribution in [3.8, 4) is 0 Å². The van der Waals surface area contributed by atoms with Gasteiger partial charge in [0.25, 0.3) is 0 Å².